The smallest absolute Gasteiger partial charge is 0.119 e. The van der Waals surface area contributed by atoms with Gasteiger partial charge in [-0.2, -0.15) is 0 Å². The van der Waals surface area contributed by atoms with Crippen LogP contribution in [0.3, 0.4) is 0 Å². The largest absolute Gasteiger partial charge is 0.494 e. The molecule has 0 saturated heterocycles. The number of rotatable bonds is 9. The van der Waals surface area contributed by atoms with E-state index in [0.717, 1.165) is 51.8 Å². The molecule has 26 heavy (non-hydrogen) atoms. The summed E-state index contributed by atoms with van der Waals surface area (Å²) in [4.78, 5) is 4.59. The Hall–Kier alpha value is -1.91. The molecule has 136 valence electrons. The number of ether oxygens (including phenoxy) is 1. The fraction of sp³-hybridized carbons (Fsp3) is 0.318. The molecule has 0 fully saturated rings. The van der Waals surface area contributed by atoms with Gasteiger partial charge in [-0.25, -0.2) is 0 Å². The second kappa shape index (κ2) is 9.70. The highest BCUT2D eigenvalue weighted by Crippen LogP contribution is 2.29. The first-order chi connectivity index (χ1) is 12.8. The van der Waals surface area contributed by atoms with Crippen LogP contribution in [0.5, 0.6) is 5.75 Å². The third-order valence-corrected chi connectivity index (χ3v) is 4.97. The number of nitrogens with one attached hydrogen (secondary N) is 1. The van der Waals surface area contributed by atoms with Crippen molar-refractivity contribution < 1.29 is 4.74 Å². The molecule has 1 heterocycles. The molecule has 0 aliphatic rings. The molecule has 3 aromatic rings. The van der Waals surface area contributed by atoms with Gasteiger partial charge in [-0.1, -0.05) is 40.9 Å². The Morgan fingerprint density at radius 3 is 2.58 bits per heavy atom. The second-order valence-corrected chi connectivity index (χ2v) is 7.33. The van der Waals surface area contributed by atoms with Gasteiger partial charge in [0.15, 0.2) is 0 Å². The van der Waals surface area contributed by atoms with Crippen molar-refractivity contribution in [2.24, 2.45) is 0 Å². The minimum Gasteiger partial charge on any atom is -0.494 e. The Labute approximate surface area is 163 Å². The van der Waals surface area contributed by atoms with Gasteiger partial charge in [0.25, 0.3) is 0 Å². The van der Waals surface area contributed by atoms with Crippen LogP contribution in [0.25, 0.3) is 22.0 Å². The topological polar surface area (TPSA) is 34.1 Å². The summed E-state index contributed by atoms with van der Waals surface area (Å²) in [7, 11) is 2.00. The van der Waals surface area contributed by atoms with E-state index in [1.54, 1.807) is 0 Å². The lowest BCUT2D eigenvalue weighted by molar-refractivity contribution is 0.305. The molecule has 0 unspecified atom stereocenters. The van der Waals surface area contributed by atoms with Crippen LogP contribution < -0.4 is 10.1 Å². The summed E-state index contributed by atoms with van der Waals surface area (Å²) < 4.78 is 7.01. The standard InChI is InChI=1S/C22H25BrN2O/c1-24-13-4-2-3-5-15-26-20-10-11-21-18(16-20)12-14-25-22(21)17-6-8-19(23)9-7-17/h6-12,14,16,24H,2-5,13,15H2,1H3. The summed E-state index contributed by atoms with van der Waals surface area (Å²) >= 11 is 3.48. The lowest BCUT2D eigenvalue weighted by Gasteiger charge is -2.10. The molecule has 3 rings (SSSR count). The molecule has 0 bridgehead atoms. The van der Waals surface area contributed by atoms with Gasteiger partial charge in [0, 0.05) is 21.6 Å². The van der Waals surface area contributed by atoms with Gasteiger partial charge >= 0.3 is 0 Å². The lowest BCUT2D eigenvalue weighted by Crippen LogP contribution is -2.07. The van der Waals surface area contributed by atoms with E-state index < -0.39 is 0 Å². The molecule has 1 N–H and O–H groups in total. The monoisotopic (exact) mass is 412 g/mol. The van der Waals surface area contributed by atoms with Crippen LogP contribution in [0.4, 0.5) is 0 Å². The van der Waals surface area contributed by atoms with E-state index >= 15 is 0 Å². The highest BCUT2D eigenvalue weighted by atomic mass is 79.9. The molecule has 1 aromatic heterocycles. The van der Waals surface area contributed by atoms with Gasteiger partial charge in [-0.05, 0) is 68.2 Å². The van der Waals surface area contributed by atoms with Crippen LogP contribution in [0, 0.1) is 0 Å². The molecule has 0 aliphatic heterocycles. The predicted octanol–water partition coefficient (Wildman–Crippen LogP) is 5.82. The maximum atomic E-state index is 5.94. The third-order valence-electron chi connectivity index (χ3n) is 4.44. The maximum Gasteiger partial charge on any atom is 0.119 e. The Kier molecular flexibility index (Phi) is 7.04. The summed E-state index contributed by atoms with van der Waals surface area (Å²) in [5.74, 6) is 0.931. The lowest BCUT2D eigenvalue weighted by atomic mass is 10.0. The normalized spacial score (nSPS) is 11.0. The zero-order valence-electron chi connectivity index (χ0n) is 15.2. The van der Waals surface area contributed by atoms with E-state index in [9.17, 15) is 0 Å². The van der Waals surface area contributed by atoms with E-state index in [4.69, 9.17) is 4.74 Å². The molecular weight excluding hydrogens is 388 g/mol. The Balaban J connectivity index is 1.65. The first-order valence-electron chi connectivity index (χ1n) is 9.20. The Morgan fingerprint density at radius 2 is 1.77 bits per heavy atom. The number of fused-ring (bicyclic) bond motifs is 1. The van der Waals surface area contributed by atoms with E-state index in [2.05, 4.69) is 50.5 Å². The summed E-state index contributed by atoms with van der Waals surface area (Å²) in [5, 5.41) is 5.49. The van der Waals surface area contributed by atoms with Crippen molar-refractivity contribution in [2.75, 3.05) is 20.2 Å². The fourth-order valence-corrected chi connectivity index (χ4v) is 3.30. The molecule has 0 amide bonds. The van der Waals surface area contributed by atoms with Gasteiger partial charge in [0.1, 0.15) is 5.75 Å². The number of hydrogen-bond donors (Lipinski definition) is 1. The zero-order chi connectivity index (χ0) is 18.2. The number of hydrogen-bond acceptors (Lipinski definition) is 3. The SMILES string of the molecule is CNCCCCCCOc1ccc2c(-c3ccc(Br)cc3)nccc2c1. The highest BCUT2D eigenvalue weighted by Gasteiger charge is 2.06. The van der Waals surface area contributed by atoms with Gasteiger partial charge in [-0.15, -0.1) is 0 Å². The molecule has 0 atom stereocenters. The molecule has 0 aliphatic carbocycles. The number of aromatic nitrogens is 1. The number of unbranched alkanes of at least 4 members (excludes halogenated alkanes) is 3. The molecular formula is C22H25BrN2O. The molecule has 0 spiro atoms. The number of halogens is 1. The van der Waals surface area contributed by atoms with Crippen molar-refractivity contribution in [1.82, 2.24) is 10.3 Å². The van der Waals surface area contributed by atoms with Crippen molar-refractivity contribution in [2.45, 2.75) is 25.7 Å². The maximum absolute atomic E-state index is 5.94. The number of pyridine rings is 1. The quantitative estimate of drug-likeness (QED) is 0.449. The van der Waals surface area contributed by atoms with E-state index in [1.807, 2.05) is 37.5 Å². The minimum absolute atomic E-state index is 0.774. The van der Waals surface area contributed by atoms with Gasteiger partial charge in [-0.3, -0.25) is 4.98 Å². The van der Waals surface area contributed by atoms with Crippen molar-refractivity contribution in [3.8, 4) is 17.0 Å². The van der Waals surface area contributed by atoms with Crippen LogP contribution in [-0.2, 0) is 0 Å². The average molecular weight is 413 g/mol. The van der Waals surface area contributed by atoms with Crippen molar-refractivity contribution in [1.29, 1.82) is 0 Å². The Bertz CT molecular complexity index is 833. The first-order valence-corrected chi connectivity index (χ1v) is 9.99. The summed E-state index contributed by atoms with van der Waals surface area (Å²) in [6.45, 7) is 1.87. The van der Waals surface area contributed by atoms with Crippen molar-refractivity contribution in [3.63, 3.8) is 0 Å². The summed E-state index contributed by atoms with van der Waals surface area (Å²) in [6, 6.07) is 16.6. The van der Waals surface area contributed by atoms with Crippen LogP contribution in [0.15, 0.2) is 59.2 Å². The zero-order valence-corrected chi connectivity index (χ0v) is 16.8. The highest BCUT2D eigenvalue weighted by molar-refractivity contribution is 9.10. The van der Waals surface area contributed by atoms with Gasteiger partial charge < -0.3 is 10.1 Å². The first kappa shape index (κ1) is 18.9. The van der Waals surface area contributed by atoms with Crippen molar-refractivity contribution >= 4 is 26.7 Å². The second-order valence-electron chi connectivity index (χ2n) is 6.42. The fourth-order valence-electron chi connectivity index (χ4n) is 3.03. The van der Waals surface area contributed by atoms with Gasteiger partial charge in [0.05, 0.1) is 12.3 Å². The molecule has 4 heteroatoms. The molecule has 0 radical (unpaired) electrons. The average Bonchev–Trinajstić information content (AvgIpc) is 2.67. The van der Waals surface area contributed by atoms with Crippen LogP contribution in [-0.4, -0.2) is 25.2 Å². The van der Waals surface area contributed by atoms with Crippen LogP contribution >= 0.6 is 15.9 Å². The van der Waals surface area contributed by atoms with E-state index in [-0.39, 0.29) is 0 Å². The minimum atomic E-state index is 0.774. The molecule has 0 saturated carbocycles. The molecule has 3 nitrogen and oxygen atoms in total. The third kappa shape index (κ3) is 5.05. The van der Waals surface area contributed by atoms with Crippen molar-refractivity contribution in [3.05, 3.63) is 59.2 Å². The number of nitrogens with zero attached hydrogens (tertiary/aromatic N) is 1. The number of benzene rings is 2. The van der Waals surface area contributed by atoms with Crippen LogP contribution in [0.1, 0.15) is 25.7 Å². The summed E-state index contributed by atoms with van der Waals surface area (Å²) in [6.07, 6.45) is 6.67. The summed E-state index contributed by atoms with van der Waals surface area (Å²) in [5.41, 5.74) is 2.13. The predicted molar refractivity (Wildman–Crippen MR) is 113 cm³/mol. The van der Waals surface area contributed by atoms with E-state index in [1.165, 1.54) is 19.3 Å². The molecule has 2 aromatic carbocycles. The van der Waals surface area contributed by atoms with Crippen LogP contribution in [0.2, 0.25) is 0 Å². The van der Waals surface area contributed by atoms with Gasteiger partial charge in [0.2, 0.25) is 0 Å². The van der Waals surface area contributed by atoms with E-state index in [0.29, 0.717) is 0 Å². The Morgan fingerprint density at radius 1 is 0.962 bits per heavy atom.